The Bertz CT molecular complexity index is 927. The molecule has 0 saturated carbocycles. The first-order chi connectivity index (χ1) is 13.1. The lowest BCUT2D eigenvalue weighted by Gasteiger charge is -2.46. The third kappa shape index (κ3) is 2.08. The summed E-state index contributed by atoms with van der Waals surface area (Å²) in [5, 5.41) is 11.6. The normalized spacial score (nSPS) is 25.4. The van der Waals surface area contributed by atoms with Crippen LogP contribution in [0.1, 0.15) is 28.4 Å². The molecule has 0 unspecified atom stereocenters. The van der Waals surface area contributed by atoms with Crippen LogP contribution in [0.2, 0.25) is 0 Å². The predicted octanol–water partition coefficient (Wildman–Crippen LogP) is 2.41. The molecule has 142 valence electrons. The van der Waals surface area contributed by atoms with Gasteiger partial charge in [0.15, 0.2) is 23.0 Å². The van der Waals surface area contributed by atoms with E-state index in [1.807, 2.05) is 24.3 Å². The van der Waals surface area contributed by atoms with Crippen molar-refractivity contribution in [1.82, 2.24) is 4.90 Å². The Hall–Kier alpha value is -2.44. The van der Waals surface area contributed by atoms with E-state index in [1.165, 1.54) is 5.56 Å². The number of hydrogen-bond donors (Lipinski definition) is 1. The zero-order valence-corrected chi connectivity index (χ0v) is 15.7. The number of methoxy groups -OCH3 is 2. The van der Waals surface area contributed by atoms with Gasteiger partial charge >= 0.3 is 0 Å². The summed E-state index contributed by atoms with van der Waals surface area (Å²) >= 11 is 0. The highest BCUT2D eigenvalue weighted by atomic mass is 16.7. The average molecular weight is 369 g/mol. The molecule has 0 aromatic heterocycles. The Labute approximate surface area is 158 Å². The molecule has 2 aliphatic heterocycles. The van der Waals surface area contributed by atoms with Crippen LogP contribution in [0.15, 0.2) is 24.3 Å². The van der Waals surface area contributed by atoms with Crippen LogP contribution < -0.4 is 18.9 Å². The van der Waals surface area contributed by atoms with Gasteiger partial charge in [-0.25, -0.2) is 0 Å². The Morgan fingerprint density at radius 3 is 2.67 bits per heavy atom. The van der Waals surface area contributed by atoms with E-state index < -0.39 is 11.6 Å². The minimum Gasteiger partial charge on any atom is -0.493 e. The fourth-order valence-corrected chi connectivity index (χ4v) is 4.92. The highest BCUT2D eigenvalue weighted by Crippen LogP contribution is 2.57. The van der Waals surface area contributed by atoms with Crippen molar-refractivity contribution in [1.29, 1.82) is 0 Å². The van der Waals surface area contributed by atoms with E-state index in [9.17, 15) is 5.11 Å². The number of benzene rings is 2. The molecule has 0 saturated heterocycles. The largest absolute Gasteiger partial charge is 0.493 e. The molecule has 2 heterocycles. The zero-order chi connectivity index (χ0) is 18.8. The van der Waals surface area contributed by atoms with E-state index in [4.69, 9.17) is 18.9 Å². The molecule has 27 heavy (non-hydrogen) atoms. The van der Waals surface area contributed by atoms with Gasteiger partial charge in [-0.1, -0.05) is 6.07 Å². The lowest BCUT2D eigenvalue weighted by atomic mass is 9.77. The molecule has 2 aromatic carbocycles. The van der Waals surface area contributed by atoms with Crippen LogP contribution >= 0.6 is 0 Å². The second kappa shape index (κ2) is 5.78. The van der Waals surface area contributed by atoms with Gasteiger partial charge in [0.25, 0.3) is 0 Å². The first-order valence-electron chi connectivity index (χ1n) is 9.16. The third-order valence-corrected chi connectivity index (χ3v) is 6.33. The zero-order valence-electron chi connectivity index (χ0n) is 15.7. The molecule has 0 fully saturated rings. The van der Waals surface area contributed by atoms with Crippen molar-refractivity contribution in [3.05, 3.63) is 46.5 Å². The predicted molar refractivity (Wildman–Crippen MR) is 98.8 cm³/mol. The summed E-state index contributed by atoms with van der Waals surface area (Å²) in [7, 11) is 5.36. The molecule has 0 amide bonds. The van der Waals surface area contributed by atoms with E-state index in [-0.39, 0.29) is 6.79 Å². The fraction of sp³-hybridized carbons (Fsp3) is 0.429. The molecule has 0 bridgehead atoms. The number of aliphatic hydroxyl groups excluding tert-OH is 1. The van der Waals surface area contributed by atoms with Gasteiger partial charge < -0.3 is 24.1 Å². The lowest BCUT2D eigenvalue weighted by Crippen LogP contribution is -2.51. The molecule has 6 heteroatoms. The van der Waals surface area contributed by atoms with E-state index in [1.54, 1.807) is 14.2 Å². The molecule has 1 aliphatic carbocycles. The Morgan fingerprint density at radius 1 is 1.11 bits per heavy atom. The maximum Gasteiger partial charge on any atom is 0.231 e. The second-order valence-electron chi connectivity index (χ2n) is 7.41. The van der Waals surface area contributed by atoms with Gasteiger partial charge in [-0.05, 0) is 54.8 Å². The highest BCUT2D eigenvalue weighted by Gasteiger charge is 2.54. The molecule has 3 aliphatic rings. The Kier molecular flexibility index (Phi) is 3.58. The highest BCUT2D eigenvalue weighted by molar-refractivity contribution is 5.60. The van der Waals surface area contributed by atoms with Gasteiger partial charge in [0.1, 0.15) is 6.10 Å². The summed E-state index contributed by atoms with van der Waals surface area (Å²) in [6.45, 7) is 1.05. The van der Waals surface area contributed by atoms with Crippen molar-refractivity contribution in [2.24, 2.45) is 0 Å². The van der Waals surface area contributed by atoms with E-state index in [2.05, 4.69) is 11.9 Å². The Balaban J connectivity index is 1.72. The van der Waals surface area contributed by atoms with Crippen LogP contribution in [-0.2, 0) is 18.4 Å². The van der Waals surface area contributed by atoms with Crippen molar-refractivity contribution in [3.63, 3.8) is 0 Å². The molecular formula is C21H23NO5. The van der Waals surface area contributed by atoms with Gasteiger partial charge in [-0.15, -0.1) is 0 Å². The number of rotatable bonds is 2. The number of likely N-dealkylation sites (N-methyl/N-ethyl adjacent to an activating group) is 1. The first-order valence-corrected chi connectivity index (χ1v) is 9.16. The lowest BCUT2D eigenvalue weighted by molar-refractivity contribution is -0.0206. The average Bonchev–Trinajstić information content (AvgIpc) is 3.27. The second-order valence-corrected chi connectivity index (χ2v) is 7.41. The van der Waals surface area contributed by atoms with E-state index in [0.717, 1.165) is 35.4 Å². The quantitative estimate of drug-likeness (QED) is 0.877. The van der Waals surface area contributed by atoms with Crippen molar-refractivity contribution in [3.8, 4) is 23.0 Å². The molecule has 2 atom stereocenters. The topological polar surface area (TPSA) is 60.4 Å². The number of ether oxygens (including phenoxy) is 4. The maximum atomic E-state index is 11.6. The smallest absolute Gasteiger partial charge is 0.231 e. The summed E-state index contributed by atoms with van der Waals surface area (Å²) in [5.41, 5.74) is 3.66. The SMILES string of the molecule is COc1cc2c(cc1OC)[C@@]1(Cc3ccc4c(c3[C@@H]1O)OCO4)N(C)CC2. The van der Waals surface area contributed by atoms with Crippen LogP contribution in [-0.4, -0.2) is 44.6 Å². The summed E-state index contributed by atoms with van der Waals surface area (Å²) in [6.07, 6.45) is 0.889. The van der Waals surface area contributed by atoms with Crippen molar-refractivity contribution in [2.75, 3.05) is 34.6 Å². The molecule has 5 rings (SSSR count). The monoisotopic (exact) mass is 369 g/mol. The molecular weight excluding hydrogens is 346 g/mol. The molecule has 1 spiro atoms. The minimum atomic E-state index is -0.716. The number of nitrogens with zero attached hydrogens (tertiary/aromatic N) is 1. The molecule has 2 aromatic rings. The maximum absolute atomic E-state index is 11.6. The van der Waals surface area contributed by atoms with E-state index >= 15 is 0 Å². The minimum absolute atomic E-state index is 0.197. The summed E-state index contributed by atoms with van der Waals surface area (Å²) in [5.74, 6) is 2.78. The van der Waals surface area contributed by atoms with Gasteiger partial charge in [-0.3, -0.25) is 4.90 Å². The van der Waals surface area contributed by atoms with Gasteiger partial charge in [0, 0.05) is 12.1 Å². The van der Waals surface area contributed by atoms with Gasteiger partial charge in [0.05, 0.1) is 19.8 Å². The van der Waals surface area contributed by atoms with Crippen LogP contribution in [0.3, 0.4) is 0 Å². The van der Waals surface area contributed by atoms with Gasteiger partial charge in [-0.2, -0.15) is 0 Å². The summed E-state index contributed by atoms with van der Waals surface area (Å²) < 4.78 is 22.3. The van der Waals surface area contributed by atoms with Crippen molar-refractivity contribution < 1.29 is 24.1 Å². The van der Waals surface area contributed by atoms with Crippen LogP contribution in [0, 0.1) is 0 Å². The fourth-order valence-electron chi connectivity index (χ4n) is 4.92. The third-order valence-electron chi connectivity index (χ3n) is 6.33. The molecule has 6 nitrogen and oxygen atoms in total. The summed E-state index contributed by atoms with van der Waals surface area (Å²) in [4.78, 5) is 2.26. The first kappa shape index (κ1) is 16.7. The van der Waals surface area contributed by atoms with Crippen molar-refractivity contribution >= 4 is 0 Å². The molecule has 0 radical (unpaired) electrons. The van der Waals surface area contributed by atoms with Crippen LogP contribution in [0.5, 0.6) is 23.0 Å². The van der Waals surface area contributed by atoms with E-state index in [0.29, 0.717) is 23.7 Å². The molecule has 1 N–H and O–H groups in total. The number of hydrogen-bond acceptors (Lipinski definition) is 6. The van der Waals surface area contributed by atoms with Crippen molar-refractivity contribution in [2.45, 2.75) is 24.5 Å². The van der Waals surface area contributed by atoms with Gasteiger partial charge in [0.2, 0.25) is 6.79 Å². The number of fused-ring (bicyclic) bond motifs is 5. The Morgan fingerprint density at radius 2 is 1.89 bits per heavy atom. The summed E-state index contributed by atoms with van der Waals surface area (Å²) in [6, 6.07) is 8.05. The number of aliphatic hydroxyl groups is 1. The van der Waals surface area contributed by atoms with Crippen LogP contribution in [0.4, 0.5) is 0 Å². The standard InChI is InChI=1S/C21H23NO5/c1-22-7-6-12-8-16(24-2)17(25-3)9-14(12)21(22)10-13-4-5-15-19(27-11-26-15)18(13)20(21)23/h4-5,8-9,20,23H,6-7,10-11H2,1-3H3/t20-,21+/m0/s1. The van der Waals surface area contributed by atoms with Crippen LogP contribution in [0.25, 0.3) is 0 Å².